The second-order valence-electron chi connectivity index (χ2n) is 6.02. The van der Waals surface area contributed by atoms with E-state index in [1.165, 1.54) is 0 Å². The topological polar surface area (TPSA) is 35.5 Å². The van der Waals surface area contributed by atoms with Gasteiger partial charge in [-0.1, -0.05) is 17.7 Å². The zero-order valence-corrected chi connectivity index (χ0v) is 13.3. The number of hydrogen-bond donors (Lipinski definition) is 2. The number of benzene rings is 1. The van der Waals surface area contributed by atoms with Gasteiger partial charge in [0.1, 0.15) is 0 Å². The monoisotopic (exact) mass is 284 g/mol. The molecule has 19 heavy (non-hydrogen) atoms. The van der Waals surface area contributed by atoms with Crippen LogP contribution >= 0.6 is 11.6 Å². The molecular formula is C15H25ClN2O. The van der Waals surface area contributed by atoms with E-state index in [1.54, 1.807) is 0 Å². The first-order valence-corrected chi connectivity index (χ1v) is 6.99. The maximum Gasteiger partial charge on any atom is 0.0632 e. The highest BCUT2D eigenvalue weighted by Crippen LogP contribution is 2.24. The molecule has 3 nitrogen and oxygen atoms in total. The molecule has 0 bridgehead atoms. The first-order chi connectivity index (χ1) is 8.74. The van der Waals surface area contributed by atoms with Crippen molar-refractivity contribution in [2.45, 2.75) is 45.8 Å². The van der Waals surface area contributed by atoms with E-state index in [0.717, 1.165) is 22.8 Å². The van der Waals surface area contributed by atoms with E-state index < -0.39 is 0 Å². The molecule has 0 heterocycles. The van der Waals surface area contributed by atoms with Gasteiger partial charge in [0, 0.05) is 35.9 Å². The van der Waals surface area contributed by atoms with E-state index >= 15 is 0 Å². The summed E-state index contributed by atoms with van der Waals surface area (Å²) in [6.45, 7) is 9.25. The maximum atomic E-state index is 9.18. The molecule has 1 unspecified atom stereocenters. The third-order valence-electron chi connectivity index (χ3n) is 3.18. The summed E-state index contributed by atoms with van der Waals surface area (Å²) in [5.41, 5.74) is 2.18. The fourth-order valence-corrected chi connectivity index (χ4v) is 1.88. The molecule has 108 valence electrons. The van der Waals surface area contributed by atoms with Crippen molar-refractivity contribution in [2.24, 2.45) is 0 Å². The second-order valence-corrected chi connectivity index (χ2v) is 6.43. The van der Waals surface area contributed by atoms with Crippen LogP contribution in [0.1, 0.15) is 33.3 Å². The summed E-state index contributed by atoms with van der Waals surface area (Å²) in [5, 5.41) is 13.4. The molecule has 0 spiro atoms. The van der Waals surface area contributed by atoms with Crippen LogP contribution in [0, 0.1) is 0 Å². The van der Waals surface area contributed by atoms with Crippen molar-refractivity contribution in [2.75, 3.05) is 18.6 Å². The van der Waals surface area contributed by atoms with Crippen molar-refractivity contribution in [1.82, 2.24) is 5.32 Å². The van der Waals surface area contributed by atoms with E-state index in [1.807, 2.05) is 37.1 Å². The van der Waals surface area contributed by atoms with E-state index in [9.17, 15) is 5.11 Å². The SMILES string of the molecule is CC(CO)N(C)c1ccc(CNC(C)(C)C)c(Cl)c1. The normalized spacial score (nSPS) is 13.4. The number of likely N-dealkylation sites (N-methyl/N-ethyl adjacent to an activating group) is 1. The summed E-state index contributed by atoms with van der Waals surface area (Å²) in [5.74, 6) is 0. The second kappa shape index (κ2) is 6.60. The molecule has 2 N–H and O–H groups in total. The lowest BCUT2D eigenvalue weighted by molar-refractivity contribution is 0.270. The Balaban J connectivity index is 2.80. The molecule has 1 aromatic rings. The molecule has 0 saturated heterocycles. The molecule has 1 atom stereocenters. The average molecular weight is 285 g/mol. The number of aliphatic hydroxyl groups is 1. The van der Waals surface area contributed by atoms with E-state index in [4.69, 9.17) is 11.6 Å². The van der Waals surface area contributed by atoms with Crippen molar-refractivity contribution >= 4 is 17.3 Å². The highest BCUT2D eigenvalue weighted by atomic mass is 35.5. The van der Waals surface area contributed by atoms with Crippen LogP contribution in [0.4, 0.5) is 5.69 Å². The molecule has 0 amide bonds. The van der Waals surface area contributed by atoms with Crippen molar-refractivity contribution in [1.29, 1.82) is 0 Å². The van der Waals surface area contributed by atoms with Crippen LogP contribution < -0.4 is 10.2 Å². The van der Waals surface area contributed by atoms with Crippen LogP contribution in [0.2, 0.25) is 5.02 Å². The minimum absolute atomic E-state index is 0.0736. The van der Waals surface area contributed by atoms with Gasteiger partial charge in [0.2, 0.25) is 0 Å². The third kappa shape index (κ3) is 5.01. The van der Waals surface area contributed by atoms with Gasteiger partial charge < -0.3 is 15.3 Å². The Labute approximate surface area is 121 Å². The summed E-state index contributed by atoms with van der Waals surface area (Å²) in [6.07, 6.45) is 0. The quantitative estimate of drug-likeness (QED) is 0.872. The van der Waals surface area contributed by atoms with Crippen LogP contribution in [0.25, 0.3) is 0 Å². The van der Waals surface area contributed by atoms with Crippen LogP contribution in [-0.4, -0.2) is 30.3 Å². The Morgan fingerprint density at radius 1 is 1.37 bits per heavy atom. The molecule has 4 heteroatoms. The van der Waals surface area contributed by atoms with Gasteiger partial charge in [-0.2, -0.15) is 0 Å². The van der Waals surface area contributed by atoms with Gasteiger partial charge in [-0.3, -0.25) is 0 Å². The molecule has 0 saturated carbocycles. The Hall–Kier alpha value is -0.770. The molecular weight excluding hydrogens is 260 g/mol. The summed E-state index contributed by atoms with van der Waals surface area (Å²) in [6, 6.07) is 6.11. The number of hydrogen-bond acceptors (Lipinski definition) is 3. The zero-order chi connectivity index (χ0) is 14.6. The Morgan fingerprint density at radius 3 is 2.47 bits per heavy atom. The lowest BCUT2D eigenvalue weighted by atomic mass is 10.1. The van der Waals surface area contributed by atoms with Crippen molar-refractivity contribution < 1.29 is 5.11 Å². The van der Waals surface area contributed by atoms with Gasteiger partial charge in [-0.15, -0.1) is 0 Å². The summed E-state index contributed by atoms with van der Waals surface area (Å²) >= 11 is 6.32. The average Bonchev–Trinajstić information content (AvgIpc) is 2.34. The fourth-order valence-electron chi connectivity index (χ4n) is 1.64. The minimum atomic E-state index is 0.0736. The van der Waals surface area contributed by atoms with Gasteiger partial charge in [0.05, 0.1) is 6.61 Å². The van der Waals surface area contributed by atoms with Crippen molar-refractivity contribution in [3.63, 3.8) is 0 Å². The van der Waals surface area contributed by atoms with Gasteiger partial charge in [0.15, 0.2) is 0 Å². The first kappa shape index (κ1) is 16.3. The molecule has 1 rings (SSSR count). The summed E-state index contributed by atoms with van der Waals surface area (Å²) < 4.78 is 0. The molecule has 0 radical (unpaired) electrons. The highest BCUT2D eigenvalue weighted by molar-refractivity contribution is 6.31. The van der Waals surface area contributed by atoms with Crippen LogP contribution in [0.15, 0.2) is 18.2 Å². The van der Waals surface area contributed by atoms with Crippen LogP contribution in [0.3, 0.4) is 0 Å². The standard InChI is InChI=1S/C15H25ClN2O/c1-11(10-19)18(5)13-7-6-12(14(16)8-13)9-17-15(2,3)4/h6-8,11,17,19H,9-10H2,1-5H3. The lowest BCUT2D eigenvalue weighted by Gasteiger charge is -2.26. The van der Waals surface area contributed by atoms with Gasteiger partial charge >= 0.3 is 0 Å². The number of anilines is 1. The Morgan fingerprint density at radius 2 is 2.00 bits per heavy atom. The smallest absolute Gasteiger partial charge is 0.0632 e. The van der Waals surface area contributed by atoms with Gasteiger partial charge in [0.25, 0.3) is 0 Å². The molecule has 0 aliphatic rings. The zero-order valence-electron chi connectivity index (χ0n) is 12.5. The number of rotatable bonds is 5. The number of nitrogens with one attached hydrogen (secondary N) is 1. The summed E-state index contributed by atoms with van der Waals surface area (Å²) in [4.78, 5) is 2.02. The minimum Gasteiger partial charge on any atom is -0.394 e. The lowest BCUT2D eigenvalue weighted by Crippen LogP contribution is -2.35. The van der Waals surface area contributed by atoms with Crippen molar-refractivity contribution in [3.05, 3.63) is 28.8 Å². The van der Waals surface area contributed by atoms with E-state index in [-0.39, 0.29) is 18.2 Å². The van der Waals surface area contributed by atoms with Crippen LogP contribution in [0.5, 0.6) is 0 Å². The summed E-state index contributed by atoms with van der Waals surface area (Å²) in [7, 11) is 1.96. The molecule has 1 aromatic carbocycles. The van der Waals surface area contributed by atoms with E-state index in [2.05, 4.69) is 26.1 Å². The molecule has 0 aliphatic heterocycles. The van der Waals surface area contributed by atoms with Crippen LogP contribution in [-0.2, 0) is 6.54 Å². The Kier molecular flexibility index (Phi) is 5.65. The van der Waals surface area contributed by atoms with Gasteiger partial charge in [-0.05, 0) is 45.4 Å². The fraction of sp³-hybridized carbons (Fsp3) is 0.600. The molecule has 0 aliphatic carbocycles. The highest BCUT2D eigenvalue weighted by Gasteiger charge is 2.13. The van der Waals surface area contributed by atoms with Gasteiger partial charge in [-0.25, -0.2) is 0 Å². The van der Waals surface area contributed by atoms with E-state index in [0.29, 0.717) is 0 Å². The number of aliphatic hydroxyl groups excluding tert-OH is 1. The predicted molar refractivity (Wildman–Crippen MR) is 83.0 cm³/mol. The van der Waals surface area contributed by atoms with Crippen molar-refractivity contribution in [3.8, 4) is 0 Å². The molecule has 0 aromatic heterocycles. The number of nitrogens with zero attached hydrogens (tertiary/aromatic N) is 1. The first-order valence-electron chi connectivity index (χ1n) is 6.61. The predicted octanol–water partition coefficient (Wildman–Crippen LogP) is 3.05. The number of halogens is 1. The Bertz CT molecular complexity index is 415. The third-order valence-corrected chi connectivity index (χ3v) is 3.53. The molecule has 0 fully saturated rings. The maximum absolute atomic E-state index is 9.18. The largest absolute Gasteiger partial charge is 0.394 e.